The number of nitro groups is 1. The molecule has 1 N–H and O–H groups in total. The van der Waals surface area contributed by atoms with Gasteiger partial charge in [-0.2, -0.15) is 4.98 Å². The summed E-state index contributed by atoms with van der Waals surface area (Å²) in [7, 11) is 0. The largest absolute Gasteiger partial charge is 0.338 e. The Morgan fingerprint density at radius 2 is 2.00 bits per heavy atom. The van der Waals surface area contributed by atoms with E-state index in [0.29, 0.717) is 36.8 Å². The second-order valence-corrected chi connectivity index (χ2v) is 7.73. The maximum absolute atomic E-state index is 12.6. The summed E-state index contributed by atoms with van der Waals surface area (Å²) < 4.78 is 5.41. The van der Waals surface area contributed by atoms with Gasteiger partial charge in [0.15, 0.2) is 0 Å². The van der Waals surface area contributed by atoms with E-state index in [0.717, 1.165) is 24.2 Å². The summed E-state index contributed by atoms with van der Waals surface area (Å²) in [6.45, 7) is 4.02. The Bertz CT molecular complexity index is 1090. The highest BCUT2D eigenvalue weighted by Gasteiger charge is 2.26. The van der Waals surface area contributed by atoms with Crippen molar-refractivity contribution >= 4 is 17.3 Å². The third kappa shape index (κ3) is 5.13. The van der Waals surface area contributed by atoms with Gasteiger partial charge in [-0.3, -0.25) is 19.8 Å². The fourth-order valence-corrected chi connectivity index (χ4v) is 3.71. The zero-order valence-corrected chi connectivity index (χ0v) is 17.2. The van der Waals surface area contributed by atoms with Crippen molar-refractivity contribution in [3.05, 3.63) is 70.1 Å². The van der Waals surface area contributed by atoms with Gasteiger partial charge in [-0.05, 0) is 45.0 Å². The number of non-ortho nitro benzene ring substituents is 1. The van der Waals surface area contributed by atoms with Crippen molar-refractivity contribution in [1.29, 1.82) is 0 Å². The van der Waals surface area contributed by atoms with Crippen LogP contribution in [-0.4, -0.2) is 39.0 Å². The van der Waals surface area contributed by atoms with Gasteiger partial charge in [0, 0.05) is 29.3 Å². The van der Waals surface area contributed by atoms with E-state index >= 15 is 0 Å². The monoisotopic (exact) mass is 421 g/mol. The Morgan fingerprint density at radius 1 is 1.23 bits per heavy atom. The SMILES string of the molecule is Cc1cccc(-c2noc(CN3CCC(C(=O)Nc4cccc([N+](=O)[O-])c4)CC3)n2)c1. The second kappa shape index (κ2) is 9.05. The minimum Gasteiger partial charge on any atom is -0.338 e. The summed E-state index contributed by atoms with van der Waals surface area (Å²) in [6.07, 6.45) is 1.39. The van der Waals surface area contributed by atoms with Crippen LogP contribution in [0.25, 0.3) is 11.4 Å². The van der Waals surface area contributed by atoms with Crippen LogP contribution in [0.15, 0.2) is 53.1 Å². The number of nitrogens with zero attached hydrogens (tertiary/aromatic N) is 4. The zero-order chi connectivity index (χ0) is 21.8. The minimum absolute atomic E-state index is 0.0443. The number of anilines is 1. The van der Waals surface area contributed by atoms with Crippen LogP contribution in [0.1, 0.15) is 24.3 Å². The van der Waals surface area contributed by atoms with Crippen LogP contribution >= 0.6 is 0 Å². The molecule has 1 aliphatic heterocycles. The normalized spacial score (nSPS) is 15.0. The van der Waals surface area contributed by atoms with Crippen LogP contribution < -0.4 is 5.32 Å². The molecule has 1 fully saturated rings. The molecule has 0 bridgehead atoms. The fraction of sp³-hybridized carbons (Fsp3) is 0.318. The van der Waals surface area contributed by atoms with Gasteiger partial charge >= 0.3 is 0 Å². The minimum atomic E-state index is -0.476. The molecule has 2 aromatic carbocycles. The van der Waals surface area contributed by atoms with E-state index in [1.165, 1.54) is 12.1 Å². The molecule has 4 rings (SSSR count). The zero-order valence-electron chi connectivity index (χ0n) is 17.2. The quantitative estimate of drug-likeness (QED) is 0.475. The van der Waals surface area contributed by atoms with Crippen LogP contribution in [0.3, 0.4) is 0 Å². The van der Waals surface area contributed by atoms with Gasteiger partial charge in [0.25, 0.3) is 5.69 Å². The highest BCUT2D eigenvalue weighted by atomic mass is 16.6. The third-order valence-corrected chi connectivity index (χ3v) is 5.39. The number of amides is 1. The Labute approximate surface area is 179 Å². The van der Waals surface area contributed by atoms with Crippen LogP contribution in [-0.2, 0) is 11.3 Å². The molecule has 31 heavy (non-hydrogen) atoms. The number of benzene rings is 2. The van der Waals surface area contributed by atoms with Gasteiger partial charge < -0.3 is 9.84 Å². The van der Waals surface area contributed by atoms with Crippen molar-refractivity contribution in [2.75, 3.05) is 18.4 Å². The third-order valence-electron chi connectivity index (χ3n) is 5.39. The topological polar surface area (TPSA) is 114 Å². The van der Waals surface area contributed by atoms with E-state index in [1.54, 1.807) is 12.1 Å². The lowest BCUT2D eigenvalue weighted by molar-refractivity contribution is -0.384. The molecule has 1 amide bonds. The number of carbonyl (C=O) groups is 1. The number of carbonyl (C=O) groups excluding carboxylic acids is 1. The molecule has 1 aromatic heterocycles. The van der Waals surface area contributed by atoms with Gasteiger partial charge in [-0.25, -0.2) is 0 Å². The molecule has 160 valence electrons. The first kappa shape index (κ1) is 20.7. The molecule has 1 saturated heterocycles. The number of hydrogen-bond acceptors (Lipinski definition) is 7. The second-order valence-electron chi connectivity index (χ2n) is 7.73. The summed E-state index contributed by atoms with van der Waals surface area (Å²) in [5.41, 5.74) is 2.45. The Hall–Kier alpha value is -3.59. The summed E-state index contributed by atoms with van der Waals surface area (Å²) in [5, 5.41) is 17.8. The van der Waals surface area contributed by atoms with E-state index < -0.39 is 4.92 Å². The van der Waals surface area contributed by atoms with Gasteiger partial charge in [0.1, 0.15) is 0 Å². The Balaban J connectivity index is 1.29. The van der Waals surface area contributed by atoms with Crippen molar-refractivity contribution in [1.82, 2.24) is 15.0 Å². The molecule has 0 radical (unpaired) electrons. The van der Waals surface area contributed by atoms with Crippen molar-refractivity contribution in [3.63, 3.8) is 0 Å². The molecular weight excluding hydrogens is 398 g/mol. The lowest BCUT2D eigenvalue weighted by Gasteiger charge is -2.30. The fourth-order valence-electron chi connectivity index (χ4n) is 3.71. The lowest BCUT2D eigenvalue weighted by Crippen LogP contribution is -2.37. The lowest BCUT2D eigenvalue weighted by atomic mass is 9.96. The molecular formula is C22H23N5O4. The molecule has 1 aliphatic rings. The number of nitro benzene ring substituents is 1. The Kier molecular flexibility index (Phi) is 6.03. The maximum atomic E-state index is 12.6. The number of nitrogens with one attached hydrogen (secondary N) is 1. The van der Waals surface area contributed by atoms with E-state index in [-0.39, 0.29) is 17.5 Å². The summed E-state index contributed by atoms with van der Waals surface area (Å²) in [5.74, 6) is 0.877. The number of likely N-dealkylation sites (tertiary alicyclic amines) is 1. The van der Waals surface area contributed by atoms with Crippen LogP contribution in [0.2, 0.25) is 0 Å². The maximum Gasteiger partial charge on any atom is 0.271 e. The molecule has 2 heterocycles. The smallest absolute Gasteiger partial charge is 0.271 e. The van der Waals surface area contributed by atoms with Gasteiger partial charge in [0.2, 0.25) is 17.6 Å². The molecule has 9 nitrogen and oxygen atoms in total. The molecule has 0 unspecified atom stereocenters. The first-order valence-electron chi connectivity index (χ1n) is 10.2. The van der Waals surface area contributed by atoms with Gasteiger partial charge in [-0.15, -0.1) is 0 Å². The van der Waals surface area contributed by atoms with Crippen molar-refractivity contribution in [2.45, 2.75) is 26.3 Å². The molecule has 0 aliphatic carbocycles. The molecule has 0 saturated carbocycles. The van der Waals surface area contributed by atoms with Crippen LogP contribution in [0.4, 0.5) is 11.4 Å². The van der Waals surface area contributed by atoms with Gasteiger partial charge in [0.05, 0.1) is 11.5 Å². The van der Waals surface area contributed by atoms with E-state index in [4.69, 9.17) is 4.52 Å². The van der Waals surface area contributed by atoms with Gasteiger partial charge in [-0.1, -0.05) is 35.0 Å². The predicted octanol–water partition coefficient (Wildman–Crippen LogP) is 3.80. The number of aromatic nitrogens is 2. The highest BCUT2D eigenvalue weighted by Crippen LogP contribution is 2.23. The number of aryl methyl sites for hydroxylation is 1. The average molecular weight is 421 g/mol. The molecule has 3 aromatic rings. The summed E-state index contributed by atoms with van der Waals surface area (Å²) in [6, 6.07) is 13.9. The molecule has 9 heteroatoms. The molecule has 0 spiro atoms. The number of rotatable bonds is 6. The summed E-state index contributed by atoms with van der Waals surface area (Å²) >= 11 is 0. The number of hydrogen-bond donors (Lipinski definition) is 1. The Morgan fingerprint density at radius 3 is 2.74 bits per heavy atom. The molecule has 0 atom stereocenters. The van der Waals surface area contributed by atoms with Crippen LogP contribution in [0.5, 0.6) is 0 Å². The predicted molar refractivity (Wildman–Crippen MR) is 114 cm³/mol. The van der Waals surface area contributed by atoms with Crippen molar-refractivity contribution in [2.24, 2.45) is 5.92 Å². The summed E-state index contributed by atoms with van der Waals surface area (Å²) in [4.78, 5) is 29.7. The standard InChI is InChI=1S/C22H23N5O4/c1-15-4-2-5-17(12-15)21-24-20(31-25-21)14-26-10-8-16(9-11-26)22(28)23-18-6-3-7-19(13-18)27(29)30/h2-7,12-13,16H,8-11,14H2,1H3,(H,23,28). The van der Waals surface area contributed by atoms with E-state index in [1.807, 2.05) is 31.2 Å². The van der Waals surface area contributed by atoms with Crippen LogP contribution in [0, 0.1) is 23.0 Å². The van der Waals surface area contributed by atoms with E-state index in [9.17, 15) is 14.9 Å². The highest BCUT2D eigenvalue weighted by molar-refractivity contribution is 5.92. The van der Waals surface area contributed by atoms with Crippen molar-refractivity contribution in [3.8, 4) is 11.4 Å². The van der Waals surface area contributed by atoms with E-state index in [2.05, 4.69) is 20.4 Å². The first-order chi connectivity index (χ1) is 15.0. The first-order valence-corrected chi connectivity index (χ1v) is 10.2. The van der Waals surface area contributed by atoms with Crippen molar-refractivity contribution < 1.29 is 14.2 Å². The average Bonchev–Trinajstić information content (AvgIpc) is 3.23. The number of piperidine rings is 1.